The Labute approximate surface area is 158 Å². The zero-order valence-electron chi connectivity index (χ0n) is 17.3. The van der Waals surface area contributed by atoms with Gasteiger partial charge in [-0.25, -0.2) is 0 Å². The van der Waals surface area contributed by atoms with E-state index in [1.165, 1.54) is 32.9 Å². The third kappa shape index (κ3) is 3.00. The summed E-state index contributed by atoms with van der Waals surface area (Å²) in [6.45, 7) is 19.7. The van der Waals surface area contributed by atoms with E-state index in [9.17, 15) is 0 Å². The van der Waals surface area contributed by atoms with Gasteiger partial charge in [0, 0.05) is 16.5 Å². The Balaban J connectivity index is 2.48. The Hall–Kier alpha value is -2.28. The van der Waals surface area contributed by atoms with Crippen LogP contribution in [0, 0.1) is 0 Å². The van der Waals surface area contributed by atoms with Crippen LogP contribution in [-0.2, 0) is 10.8 Å². The highest BCUT2D eigenvalue weighted by Crippen LogP contribution is 2.37. The van der Waals surface area contributed by atoms with Crippen LogP contribution in [0.5, 0.6) is 0 Å². The van der Waals surface area contributed by atoms with Crippen LogP contribution in [0.3, 0.4) is 0 Å². The van der Waals surface area contributed by atoms with Gasteiger partial charge in [0.05, 0.1) is 11.0 Å². The summed E-state index contributed by atoms with van der Waals surface area (Å²) in [5, 5.41) is 2.64. The minimum Gasteiger partial charge on any atom is -0.310 e. The molecule has 3 aromatic rings. The molecule has 0 amide bonds. The summed E-state index contributed by atoms with van der Waals surface area (Å²) in [7, 11) is 0. The first-order chi connectivity index (χ1) is 12.1. The van der Waals surface area contributed by atoms with E-state index in [-0.39, 0.29) is 10.8 Å². The third-order valence-corrected chi connectivity index (χ3v) is 5.26. The number of benzene rings is 2. The van der Waals surface area contributed by atoms with E-state index in [0.717, 1.165) is 5.70 Å². The van der Waals surface area contributed by atoms with Crippen molar-refractivity contribution < 1.29 is 0 Å². The summed E-state index contributed by atoms with van der Waals surface area (Å²) in [6, 6.07) is 13.8. The summed E-state index contributed by atoms with van der Waals surface area (Å²) >= 11 is 0. The minimum absolute atomic E-state index is 0.131. The van der Waals surface area contributed by atoms with Crippen LogP contribution in [0.4, 0.5) is 0 Å². The maximum absolute atomic E-state index is 4.03. The molecule has 1 heterocycles. The predicted molar refractivity (Wildman–Crippen MR) is 117 cm³/mol. The molecule has 0 saturated carbocycles. The zero-order valence-corrected chi connectivity index (χ0v) is 17.3. The highest BCUT2D eigenvalue weighted by Gasteiger charge is 2.20. The number of nitrogens with zero attached hydrogens (tertiary/aromatic N) is 1. The molecule has 0 atom stereocenters. The Morgan fingerprint density at radius 3 is 1.54 bits per heavy atom. The highest BCUT2D eigenvalue weighted by molar-refractivity contribution is 6.11. The van der Waals surface area contributed by atoms with Crippen molar-refractivity contribution >= 4 is 27.5 Å². The first-order valence-electron chi connectivity index (χ1n) is 9.46. The lowest BCUT2D eigenvalue weighted by Gasteiger charge is -2.19. The predicted octanol–water partition coefficient (Wildman–Crippen LogP) is 7.44. The van der Waals surface area contributed by atoms with Crippen molar-refractivity contribution in [1.29, 1.82) is 0 Å². The second-order valence-corrected chi connectivity index (χ2v) is 9.22. The van der Waals surface area contributed by atoms with Gasteiger partial charge in [-0.1, -0.05) is 66.3 Å². The van der Waals surface area contributed by atoms with Gasteiger partial charge in [-0.05, 0) is 59.2 Å². The summed E-state index contributed by atoms with van der Waals surface area (Å²) in [6.07, 6.45) is 4.06. The number of hydrogen-bond donors (Lipinski definition) is 0. The van der Waals surface area contributed by atoms with Crippen LogP contribution >= 0.6 is 0 Å². The number of allylic oxidation sites excluding steroid dienone is 3. The molecular formula is C25H31N. The third-order valence-electron chi connectivity index (χ3n) is 5.26. The van der Waals surface area contributed by atoms with Crippen LogP contribution in [0.15, 0.2) is 55.1 Å². The van der Waals surface area contributed by atoms with Crippen molar-refractivity contribution in [3.05, 3.63) is 66.3 Å². The molecule has 0 unspecified atom stereocenters. The average Bonchev–Trinajstić information content (AvgIpc) is 2.88. The zero-order chi connectivity index (χ0) is 19.3. The van der Waals surface area contributed by atoms with Gasteiger partial charge in [-0.2, -0.15) is 0 Å². The molecule has 0 spiro atoms. The molecule has 1 heteroatoms. The van der Waals surface area contributed by atoms with E-state index in [1.807, 2.05) is 6.08 Å². The normalized spacial score (nSPS) is 13.6. The topological polar surface area (TPSA) is 4.93 Å². The molecule has 136 valence electrons. The molecule has 1 nitrogen and oxygen atoms in total. The van der Waals surface area contributed by atoms with Crippen molar-refractivity contribution in [2.75, 3.05) is 0 Å². The van der Waals surface area contributed by atoms with Gasteiger partial charge in [0.15, 0.2) is 0 Å². The van der Waals surface area contributed by atoms with Gasteiger partial charge in [-0.15, -0.1) is 0 Å². The second kappa shape index (κ2) is 6.16. The van der Waals surface area contributed by atoms with Crippen LogP contribution in [0.2, 0.25) is 0 Å². The quantitative estimate of drug-likeness (QED) is 0.425. The van der Waals surface area contributed by atoms with Crippen LogP contribution in [0.1, 0.15) is 59.6 Å². The van der Waals surface area contributed by atoms with Gasteiger partial charge in [0.1, 0.15) is 0 Å². The lowest BCUT2D eigenvalue weighted by molar-refractivity contribution is 0.590. The van der Waals surface area contributed by atoms with E-state index in [0.29, 0.717) is 0 Å². The fraction of sp³-hybridized carbons (Fsp3) is 0.360. The number of hydrogen-bond acceptors (Lipinski definition) is 0. The first-order valence-corrected chi connectivity index (χ1v) is 9.46. The van der Waals surface area contributed by atoms with Crippen molar-refractivity contribution in [1.82, 2.24) is 4.57 Å². The molecule has 0 saturated heterocycles. The van der Waals surface area contributed by atoms with E-state index < -0.39 is 0 Å². The Bertz CT molecular complexity index is 943. The molecule has 0 bridgehead atoms. The van der Waals surface area contributed by atoms with Crippen molar-refractivity contribution in [2.24, 2.45) is 0 Å². The van der Waals surface area contributed by atoms with E-state index in [1.54, 1.807) is 0 Å². The van der Waals surface area contributed by atoms with E-state index >= 15 is 0 Å². The fourth-order valence-corrected chi connectivity index (χ4v) is 3.57. The van der Waals surface area contributed by atoms with E-state index in [4.69, 9.17) is 0 Å². The van der Waals surface area contributed by atoms with Crippen molar-refractivity contribution in [3.8, 4) is 0 Å². The van der Waals surface area contributed by atoms with Crippen molar-refractivity contribution in [3.63, 3.8) is 0 Å². The van der Waals surface area contributed by atoms with Crippen LogP contribution < -0.4 is 0 Å². The number of aromatic nitrogens is 1. The lowest BCUT2D eigenvalue weighted by Crippen LogP contribution is -2.10. The molecule has 3 rings (SSSR count). The SMILES string of the molecule is C=CC(=CC)n1c2ccc(C(C)(C)C)cc2c2cc(C(C)(C)C)ccc21. The second-order valence-electron chi connectivity index (χ2n) is 9.22. The van der Waals surface area contributed by atoms with Crippen LogP contribution in [0.25, 0.3) is 27.5 Å². The number of rotatable bonds is 2. The Morgan fingerprint density at radius 2 is 1.23 bits per heavy atom. The Kier molecular flexibility index (Phi) is 4.38. The molecule has 26 heavy (non-hydrogen) atoms. The minimum atomic E-state index is 0.131. The van der Waals surface area contributed by atoms with Gasteiger partial charge >= 0.3 is 0 Å². The average molecular weight is 346 g/mol. The molecule has 2 aromatic carbocycles. The Morgan fingerprint density at radius 1 is 0.808 bits per heavy atom. The monoisotopic (exact) mass is 345 g/mol. The standard InChI is InChI=1S/C25H31N/c1-9-19(10-2)26-22-13-11-17(24(3,4)5)15-20(22)21-16-18(25(6,7)8)12-14-23(21)26/h9-16H,1H2,2-8H3. The maximum Gasteiger partial charge on any atom is 0.0541 e. The molecule has 0 aliphatic carbocycles. The van der Waals surface area contributed by atoms with Gasteiger partial charge in [-0.3, -0.25) is 0 Å². The summed E-state index contributed by atoms with van der Waals surface area (Å²) in [5.74, 6) is 0. The van der Waals surface area contributed by atoms with Crippen LogP contribution in [-0.4, -0.2) is 4.57 Å². The van der Waals surface area contributed by atoms with Gasteiger partial charge < -0.3 is 4.57 Å². The number of fused-ring (bicyclic) bond motifs is 3. The maximum atomic E-state index is 4.03. The molecule has 1 aromatic heterocycles. The van der Waals surface area contributed by atoms with E-state index in [2.05, 4.69) is 102 Å². The largest absolute Gasteiger partial charge is 0.310 e. The summed E-state index contributed by atoms with van der Waals surface area (Å²) in [5.41, 5.74) is 6.60. The van der Waals surface area contributed by atoms with Gasteiger partial charge in [0.2, 0.25) is 0 Å². The highest BCUT2D eigenvalue weighted by atomic mass is 15.0. The molecule has 0 N–H and O–H groups in total. The summed E-state index contributed by atoms with van der Waals surface area (Å²) < 4.78 is 2.33. The molecular weight excluding hydrogens is 314 g/mol. The fourth-order valence-electron chi connectivity index (χ4n) is 3.57. The van der Waals surface area contributed by atoms with Gasteiger partial charge in [0.25, 0.3) is 0 Å². The molecule has 0 aliphatic rings. The smallest absolute Gasteiger partial charge is 0.0541 e. The molecule has 0 radical (unpaired) electrons. The van der Waals surface area contributed by atoms with Crippen molar-refractivity contribution in [2.45, 2.75) is 59.3 Å². The lowest BCUT2D eigenvalue weighted by atomic mass is 9.85. The molecule has 0 aliphatic heterocycles. The first kappa shape index (κ1) is 18.5. The summed E-state index contributed by atoms with van der Waals surface area (Å²) in [4.78, 5) is 0. The molecule has 0 fully saturated rings.